The summed E-state index contributed by atoms with van der Waals surface area (Å²) in [4.78, 5) is 9.21. The number of hydrogen-bond donors (Lipinski definition) is 0. The molecule has 0 aliphatic rings. The second-order valence-corrected chi connectivity index (χ2v) is 12.3. The van der Waals surface area contributed by atoms with Crippen molar-refractivity contribution in [3.63, 3.8) is 0 Å². The van der Waals surface area contributed by atoms with Gasteiger partial charge in [-0.1, -0.05) is 127 Å². The largest absolute Gasteiger partial charge is 0.454 e. The Bertz CT molecular complexity index is 2700. The number of benzene rings is 7. The van der Waals surface area contributed by atoms with E-state index < -0.39 is 0 Å². The van der Waals surface area contributed by atoms with Crippen molar-refractivity contribution in [2.24, 2.45) is 9.98 Å². The van der Waals surface area contributed by atoms with Crippen LogP contribution < -0.4 is 0 Å². The van der Waals surface area contributed by atoms with E-state index in [9.17, 15) is 0 Å². The summed E-state index contributed by atoms with van der Waals surface area (Å²) in [6.07, 6.45) is 0. The minimum Gasteiger partial charge on any atom is -0.454 e. The van der Waals surface area contributed by atoms with Crippen LogP contribution in [-0.2, 0) is 6.54 Å². The Labute approximate surface area is 283 Å². The molecular formula is C45H31N3O. The SMILES string of the molecule is C=N/C(=N\Cc1ccccc1)c1cccc(-n2c3cc(-c4cccc(-c5ccccc5)c4)ccc3c3ccc4c5ccccc5oc4c32)c1. The molecule has 0 fully saturated rings. The molecule has 2 heterocycles. The summed E-state index contributed by atoms with van der Waals surface area (Å²) in [7, 11) is 0. The van der Waals surface area contributed by atoms with E-state index in [4.69, 9.17) is 9.41 Å². The quantitative estimate of drug-likeness (QED) is 0.133. The molecule has 9 aromatic rings. The predicted octanol–water partition coefficient (Wildman–Crippen LogP) is 11.7. The number of amidine groups is 1. The van der Waals surface area contributed by atoms with Gasteiger partial charge in [0.1, 0.15) is 5.58 Å². The smallest absolute Gasteiger partial charge is 0.160 e. The van der Waals surface area contributed by atoms with Gasteiger partial charge in [-0.2, -0.15) is 0 Å². The number of rotatable bonds is 6. The molecule has 4 nitrogen and oxygen atoms in total. The summed E-state index contributed by atoms with van der Waals surface area (Å²) in [5.74, 6) is 0.610. The minimum absolute atomic E-state index is 0.528. The predicted molar refractivity (Wildman–Crippen MR) is 205 cm³/mol. The number of furan rings is 1. The van der Waals surface area contributed by atoms with Crippen molar-refractivity contribution in [3.05, 3.63) is 175 Å². The van der Waals surface area contributed by atoms with Crippen molar-refractivity contribution < 1.29 is 4.42 Å². The zero-order chi connectivity index (χ0) is 32.7. The highest BCUT2D eigenvalue weighted by Gasteiger charge is 2.20. The molecule has 0 N–H and O–H groups in total. The van der Waals surface area contributed by atoms with Crippen molar-refractivity contribution in [2.45, 2.75) is 6.54 Å². The zero-order valence-electron chi connectivity index (χ0n) is 26.8. The third-order valence-electron chi connectivity index (χ3n) is 9.34. The van der Waals surface area contributed by atoms with Crippen LogP contribution in [0.25, 0.3) is 71.7 Å². The molecule has 9 rings (SSSR count). The lowest BCUT2D eigenvalue weighted by molar-refractivity contribution is 0.671. The third-order valence-corrected chi connectivity index (χ3v) is 9.34. The Kier molecular flexibility index (Phi) is 6.98. The maximum atomic E-state index is 6.65. The molecule has 0 saturated carbocycles. The zero-order valence-corrected chi connectivity index (χ0v) is 26.8. The van der Waals surface area contributed by atoms with Gasteiger partial charge in [0.2, 0.25) is 0 Å². The Morgan fingerprint density at radius 1 is 0.551 bits per heavy atom. The fraction of sp³-hybridized carbons (Fsp3) is 0.0222. The first-order valence-corrected chi connectivity index (χ1v) is 16.5. The molecule has 0 aliphatic heterocycles. The molecule has 0 atom stereocenters. The topological polar surface area (TPSA) is 42.8 Å². The molecule has 0 amide bonds. The van der Waals surface area contributed by atoms with Crippen molar-refractivity contribution in [2.75, 3.05) is 0 Å². The van der Waals surface area contributed by atoms with Crippen LogP contribution in [0.15, 0.2) is 178 Å². The Hall–Kier alpha value is -6.52. The summed E-state index contributed by atoms with van der Waals surface area (Å²) in [6, 6.07) is 57.4. The van der Waals surface area contributed by atoms with E-state index in [1.54, 1.807) is 0 Å². The standard InChI is InChI=1S/C45H31N3O/c1-46-45(47-29-30-12-4-2-5-13-30)35-18-11-19-36(27-35)48-41-28-34(33-17-10-16-32(26-33)31-14-6-3-7-15-31)22-23-37(41)39-24-25-40-38-20-8-9-21-42(38)49-44(40)43(39)48/h2-28H,1,29H2/b47-45-. The fourth-order valence-corrected chi connectivity index (χ4v) is 7.00. The van der Waals surface area contributed by atoms with E-state index >= 15 is 0 Å². The van der Waals surface area contributed by atoms with Gasteiger partial charge in [-0.25, -0.2) is 4.99 Å². The number of aromatic nitrogens is 1. The van der Waals surface area contributed by atoms with Gasteiger partial charge >= 0.3 is 0 Å². The molecule has 2 aromatic heterocycles. The molecule has 49 heavy (non-hydrogen) atoms. The van der Waals surface area contributed by atoms with Crippen molar-refractivity contribution in [1.29, 1.82) is 0 Å². The number of nitrogens with zero attached hydrogens (tertiary/aromatic N) is 3. The highest BCUT2D eigenvalue weighted by atomic mass is 16.3. The summed E-state index contributed by atoms with van der Waals surface area (Å²) >= 11 is 0. The van der Waals surface area contributed by atoms with E-state index in [-0.39, 0.29) is 0 Å². The van der Waals surface area contributed by atoms with Gasteiger partial charge in [-0.3, -0.25) is 4.99 Å². The van der Waals surface area contributed by atoms with Crippen LogP contribution in [0.2, 0.25) is 0 Å². The monoisotopic (exact) mass is 629 g/mol. The van der Waals surface area contributed by atoms with Gasteiger partial charge in [-0.15, -0.1) is 0 Å². The highest BCUT2D eigenvalue weighted by molar-refractivity contribution is 6.21. The Balaban J connectivity index is 1.27. The lowest BCUT2D eigenvalue weighted by atomic mass is 9.98. The first kappa shape index (κ1) is 28.7. The summed E-state index contributed by atoms with van der Waals surface area (Å²) in [5.41, 5.74) is 11.6. The van der Waals surface area contributed by atoms with E-state index in [1.165, 1.54) is 11.1 Å². The first-order chi connectivity index (χ1) is 24.2. The van der Waals surface area contributed by atoms with Crippen LogP contribution in [0, 0.1) is 0 Å². The normalized spacial score (nSPS) is 12.0. The van der Waals surface area contributed by atoms with Crippen LogP contribution in [0.5, 0.6) is 0 Å². The number of aliphatic imine (C=N–C) groups is 2. The number of fused-ring (bicyclic) bond motifs is 7. The van der Waals surface area contributed by atoms with Crippen LogP contribution in [0.1, 0.15) is 11.1 Å². The molecular weight excluding hydrogens is 599 g/mol. The average Bonchev–Trinajstić information content (AvgIpc) is 3.72. The Morgan fingerprint density at radius 3 is 2.06 bits per heavy atom. The van der Waals surface area contributed by atoms with Crippen LogP contribution in [0.3, 0.4) is 0 Å². The fourth-order valence-electron chi connectivity index (χ4n) is 7.00. The van der Waals surface area contributed by atoms with Gasteiger partial charge in [-0.05, 0) is 70.9 Å². The van der Waals surface area contributed by atoms with E-state index in [0.29, 0.717) is 12.4 Å². The van der Waals surface area contributed by atoms with Crippen LogP contribution in [0.4, 0.5) is 0 Å². The van der Waals surface area contributed by atoms with Gasteiger partial charge in [0.05, 0.1) is 17.6 Å². The van der Waals surface area contributed by atoms with Crippen LogP contribution in [-0.4, -0.2) is 17.1 Å². The van der Waals surface area contributed by atoms with Gasteiger partial charge in [0.15, 0.2) is 11.4 Å². The van der Waals surface area contributed by atoms with Gasteiger partial charge in [0, 0.05) is 32.8 Å². The van der Waals surface area contributed by atoms with E-state index in [0.717, 1.165) is 71.7 Å². The Morgan fingerprint density at radius 2 is 1.22 bits per heavy atom. The number of para-hydroxylation sites is 1. The molecule has 4 heteroatoms. The molecule has 0 bridgehead atoms. The van der Waals surface area contributed by atoms with Gasteiger partial charge in [0.25, 0.3) is 0 Å². The first-order valence-electron chi connectivity index (χ1n) is 16.5. The summed E-state index contributed by atoms with van der Waals surface area (Å²) in [6.45, 7) is 4.41. The third kappa shape index (κ3) is 5.02. The van der Waals surface area contributed by atoms with Gasteiger partial charge < -0.3 is 8.98 Å². The molecule has 232 valence electrons. The molecule has 7 aromatic carbocycles. The van der Waals surface area contributed by atoms with E-state index in [2.05, 4.69) is 144 Å². The summed E-state index contributed by atoms with van der Waals surface area (Å²) < 4.78 is 8.99. The molecule has 0 aliphatic carbocycles. The molecule has 0 radical (unpaired) electrons. The van der Waals surface area contributed by atoms with Crippen molar-refractivity contribution >= 4 is 56.3 Å². The lowest BCUT2D eigenvalue weighted by Crippen LogP contribution is -2.01. The minimum atomic E-state index is 0.528. The number of hydrogen-bond acceptors (Lipinski definition) is 2. The maximum absolute atomic E-state index is 6.65. The lowest BCUT2D eigenvalue weighted by Gasteiger charge is -2.12. The summed E-state index contributed by atoms with van der Waals surface area (Å²) in [5, 5.41) is 4.49. The van der Waals surface area contributed by atoms with Crippen molar-refractivity contribution in [1.82, 2.24) is 4.57 Å². The molecule has 0 spiro atoms. The average molecular weight is 630 g/mol. The second kappa shape index (κ2) is 11.9. The molecule has 0 saturated heterocycles. The van der Waals surface area contributed by atoms with Crippen molar-refractivity contribution in [3.8, 4) is 27.9 Å². The van der Waals surface area contributed by atoms with E-state index in [1.807, 2.05) is 36.4 Å². The molecule has 0 unspecified atom stereocenters. The van der Waals surface area contributed by atoms with Crippen LogP contribution >= 0.6 is 0 Å². The highest BCUT2D eigenvalue weighted by Crippen LogP contribution is 2.41. The second-order valence-electron chi connectivity index (χ2n) is 12.3. The maximum Gasteiger partial charge on any atom is 0.160 e.